The van der Waals surface area contributed by atoms with Gasteiger partial charge in [-0.2, -0.15) is 0 Å². The fourth-order valence-electron chi connectivity index (χ4n) is 11.5. The van der Waals surface area contributed by atoms with Crippen molar-refractivity contribution in [2.24, 2.45) is 0 Å². The fraction of sp³-hybridized carbons (Fsp3) is 0. The van der Waals surface area contributed by atoms with Gasteiger partial charge in [-0.25, -0.2) is 0 Å². The third kappa shape index (κ3) is 5.21. The van der Waals surface area contributed by atoms with Crippen LogP contribution in [0.1, 0.15) is 0 Å². The molecule has 4 aromatic carbocycles. The Balaban J connectivity index is 1.29. The molecule has 0 unspecified atom stereocenters. The van der Waals surface area contributed by atoms with E-state index in [1.807, 2.05) is 146 Å². The molecule has 2 N–H and O–H groups in total. The number of hydrogen-bond acceptors (Lipinski definition) is 10. The predicted octanol–water partition coefficient (Wildman–Crippen LogP) is 7.07. The van der Waals surface area contributed by atoms with Gasteiger partial charge >= 0.3 is 367 Å². The van der Waals surface area contributed by atoms with Crippen molar-refractivity contribution in [1.82, 2.24) is 59.8 Å². The van der Waals surface area contributed by atoms with E-state index in [-0.39, 0.29) is 0 Å². The first-order valence-electron chi connectivity index (χ1n) is 21.8. The molecule has 12 nitrogen and oxygen atoms in total. The van der Waals surface area contributed by atoms with Gasteiger partial charge in [-0.1, -0.05) is 6.07 Å². The van der Waals surface area contributed by atoms with E-state index in [0.29, 0.717) is 45.9 Å². The van der Waals surface area contributed by atoms with Crippen molar-refractivity contribution in [3.05, 3.63) is 189 Å². The first kappa shape index (κ1) is 37.1. The van der Waals surface area contributed by atoms with Crippen LogP contribution in [0.5, 0.6) is 0 Å². The Bertz CT molecular complexity index is 3690. The zero-order valence-electron chi connectivity index (χ0n) is 34.6. The molecular weight excluding hydrogens is 858 g/mol. The summed E-state index contributed by atoms with van der Waals surface area (Å²) in [7, 11) is 0. The summed E-state index contributed by atoms with van der Waals surface area (Å²) < 4.78 is 4.35. The van der Waals surface area contributed by atoms with E-state index < -0.39 is 13.6 Å². The van der Waals surface area contributed by atoms with Crippen LogP contribution in [0.4, 0.5) is 0 Å². The van der Waals surface area contributed by atoms with E-state index in [9.17, 15) is 0 Å². The number of rotatable bonds is 5. The van der Waals surface area contributed by atoms with Gasteiger partial charge in [0.25, 0.3) is 0 Å². The first-order chi connectivity index (χ1) is 32.2. The number of hydrogen-bond donors (Lipinski definition) is 2. The second-order valence-corrected chi connectivity index (χ2v) is 32.2. The molecule has 8 bridgehead atoms. The summed E-state index contributed by atoms with van der Waals surface area (Å²) in [6, 6.07) is 55.0. The average Bonchev–Trinajstić information content (AvgIpc) is 4.12. The SMILES string of the molecule is c1cc[c]([Zn]([c]2ccccn2)([c]2ccccn2)([c]2ccccn2)[c]2cccc3c4nc5nc(nc6[nH]c(nc7nc(nc([nH]4)c23)-c2ccccc2-7)c2ccccc62)-c2ccccc2-5)nc1. The summed E-state index contributed by atoms with van der Waals surface area (Å²) in [6.45, 7) is 0. The van der Waals surface area contributed by atoms with Crippen LogP contribution in [0.25, 0.3) is 89.7 Å². The Hall–Kier alpha value is -8.54. The van der Waals surface area contributed by atoms with Gasteiger partial charge in [0.1, 0.15) is 0 Å². The van der Waals surface area contributed by atoms with Gasteiger partial charge < -0.3 is 0 Å². The Morgan fingerprint density at radius 1 is 0.292 bits per heavy atom. The third-order valence-corrected chi connectivity index (χ3v) is 34.3. The van der Waals surface area contributed by atoms with E-state index in [1.165, 1.54) is 0 Å². The molecule has 0 radical (unpaired) electrons. The molecule has 0 fully saturated rings. The van der Waals surface area contributed by atoms with Crippen LogP contribution in [0, 0.1) is 0 Å². The van der Waals surface area contributed by atoms with Crippen molar-refractivity contribution < 1.29 is 13.6 Å². The molecule has 0 saturated carbocycles. The molecule has 0 spiro atoms. The minimum absolute atomic E-state index is 0.498. The first-order valence-corrected chi connectivity index (χ1v) is 29.2. The molecule has 2 aliphatic rings. The molecule has 0 saturated heterocycles. The van der Waals surface area contributed by atoms with Crippen molar-refractivity contribution in [3.8, 4) is 45.6 Å². The third-order valence-electron chi connectivity index (χ3n) is 14.2. The second-order valence-electron chi connectivity index (χ2n) is 17.1. The van der Waals surface area contributed by atoms with Gasteiger partial charge in [0.15, 0.2) is 0 Å². The Labute approximate surface area is 371 Å². The Kier molecular flexibility index (Phi) is 8.12. The zero-order valence-corrected chi connectivity index (χ0v) is 37.5. The molecule has 13 rings (SSSR count). The van der Waals surface area contributed by atoms with Crippen LogP contribution in [0.3, 0.4) is 0 Å². The number of nitrogens with zero attached hydrogens (tertiary/aromatic N) is 10. The van der Waals surface area contributed by atoms with Gasteiger partial charge in [0.05, 0.1) is 0 Å². The van der Waals surface area contributed by atoms with E-state index in [1.54, 1.807) is 0 Å². The summed E-state index contributed by atoms with van der Waals surface area (Å²) in [6.07, 6.45) is 7.41. The van der Waals surface area contributed by atoms with E-state index in [0.717, 1.165) is 65.1 Å². The summed E-state index contributed by atoms with van der Waals surface area (Å²) in [4.78, 5) is 60.3. The minimum atomic E-state index is -6.11. The predicted molar refractivity (Wildman–Crippen MR) is 251 cm³/mol. The maximum absolute atomic E-state index is 6.11. The molecule has 2 aliphatic heterocycles. The van der Waals surface area contributed by atoms with Gasteiger partial charge in [-0.05, 0) is 0 Å². The quantitative estimate of drug-likeness (QED) is 0.171. The number of nitrogens with one attached hydrogen (secondary N) is 2. The van der Waals surface area contributed by atoms with Crippen LogP contribution < -0.4 is 21.3 Å². The standard InChI is InChI=1S/C32H17N8.4C5H4N.Zn/c1-2-10-18-17(9-1)25-33-26(18)38-28-21-13-5-6-14-22(21)30(35-28)40-32-24-16-8-7-15-23(24)31(36-32)39-29-20-12-4-3-11-19(20)27(34-29)37-25;4*1-2-4-6-5-3-1;/h1-15H,(H2,33,34,35,36,37,38,39,40);4*1-4H;. The second kappa shape index (κ2) is 14.2. The van der Waals surface area contributed by atoms with Crippen molar-refractivity contribution >= 4 is 65.4 Å². The molecule has 7 aromatic heterocycles. The normalized spacial score (nSPS) is 12.3. The molecule has 0 atom stereocenters. The molecule has 11 aromatic rings. The number of benzene rings is 4. The summed E-state index contributed by atoms with van der Waals surface area (Å²) in [5.41, 5.74) is 5.81. The van der Waals surface area contributed by atoms with Crippen LogP contribution in [-0.4, -0.2) is 59.8 Å². The number of aromatic amines is 2. The van der Waals surface area contributed by atoms with Crippen LogP contribution >= 0.6 is 0 Å². The average molecular weight is 891 g/mol. The van der Waals surface area contributed by atoms with E-state index in [4.69, 9.17) is 49.8 Å². The fourth-order valence-corrected chi connectivity index (χ4v) is 32.0. The molecule has 9 heterocycles. The van der Waals surface area contributed by atoms with Crippen LogP contribution in [0.2, 0.25) is 0 Å². The molecule has 65 heavy (non-hydrogen) atoms. The van der Waals surface area contributed by atoms with Gasteiger partial charge in [0, 0.05) is 0 Å². The van der Waals surface area contributed by atoms with Crippen LogP contribution in [0.15, 0.2) is 189 Å². The molecular formula is C52H33N12Zn. The summed E-state index contributed by atoms with van der Waals surface area (Å²) in [5.74, 6) is 2.08. The topological polar surface area (TPSA) is 160 Å². The van der Waals surface area contributed by atoms with E-state index in [2.05, 4.69) is 52.4 Å². The summed E-state index contributed by atoms with van der Waals surface area (Å²) >= 11 is -6.11. The molecule has 303 valence electrons. The Morgan fingerprint density at radius 3 is 1.03 bits per heavy atom. The summed E-state index contributed by atoms with van der Waals surface area (Å²) in [5, 5.41) is 3.47. The van der Waals surface area contributed by atoms with Gasteiger partial charge in [0.2, 0.25) is 0 Å². The monoisotopic (exact) mass is 889 g/mol. The molecule has 13 heteroatoms. The van der Waals surface area contributed by atoms with Crippen molar-refractivity contribution in [3.63, 3.8) is 0 Å². The maximum atomic E-state index is 5.55. The van der Waals surface area contributed by atoms with Crippen LogP contribution in [-0.2, 0) is 13.6 Å². The van der Waals surface area contributed by atoms with E-state index >= 15 is 0 Å². The Morgan fingerprint density at radius 2 is 0.631 bits per heavy atom. The van der Waals surface area contributed by atoms with Crippen molar-refractivity contribution in [2.45, 2.75) is 0 Å². The molecule has 0 aliphatic carbocycles. The van der Waals surface area contributed by atoms with Crippen molar-refractivity contribution in [2.75, 3.05) is 0 Å². The number of H-pyrrole nitrogens is 2. The van der Waals surface area contributed by atoms with Crippen molar-refractivity contribution in [1.29, 1.82) is 0 Å². The van der Waals surface area contributed by atoms with Gasteiger partial charge in [-0.3, -0.25) is 0 Å². The number of aromatic nitrogens is 12. The van der Waals surface area contributed by atoms with Gasteiger partial charge in [-0.15, -0.1) is 0 Å². The zero-order chi connectivity index (χ0) is 43.0. The number of fused-ring (bicyclic) bond motifs is 20. The number of pyridine rings is 4. The molecule has 0 amide bonds.